The van der Waals surface area contributed by atoms with Gasteiger partial charge in [0.25, 0.3) is 0 Å². The molecule has 0 amide bonds. The van der Waals surface area contributed by atoms with E-state index in [0.717, 1.165) is 11.4 Å². The second kappa shape index (κ2) is 6.59. The molecule has 138 valence electrons. The van der Waals surface area contributed by atoms with Gasteiger partial charge in [-0.3, -0.25) is 9.88 Å². The van der Waals surface area contributed by atoms with Crippen molar-refractivity contribution in [2.45, 2.75) is 24.6 Å². The Hall–Kier alpha value is -2.06. The van der Waals surface area contributed by atoms with Crippen molar-refractivity contribution in [2.24, 2.45) is 5.92 Å². The molecule has 0 bridgehead atoms. The quantitative estimate of drug-likeness (QED) is 0.778. The smallest absolute Gasteiger partial charge is 0.316 e. The molecular weight excluding hydrogens is 352 g/mol. The first-order chi connectivity index (χ1) is 12.5. The minimum absolute atomic E-state index is 0.0309. The molecule has 2 fully saturated rings. The van der Waals surface area contributed by atoms with E-state index in [1.54, 1.807) is 18.5 Å². The number of hydrogen-bond acceptors (Lipinski definition) is 7. The Morgan fingerprint density at radius 1 is 1.23 bits per heavy atom. The van der Waals surface area contributed by atoms with Crippen LogP contribution < -0.4 is 4.74 Å². The molecule has 4 rings (SSSR count). The highest BCUT2D eigenvalue weighted by atomic mass is 32.2. The summed E-state index contributed by atoms with van der Waals surface area (Å²) in [5.41, 5.74) is 1.78. The van der Waals surface area contributed by atoms with Crippen molar-refractivity contribution in [3.8, 4) is 6.01 Å². The fraction of sp³-hybridized carbons (Fsp3) is 0.500. The molecule has 26 heavy (non-hydrogen) atoms. The number of sulfone groups is 1. The van der Waals surface area contributed by atoms with E-state index < -0.39 is 14.6 Å². The van der Waals surface area contributed by atoms with Crippen molar-refractivity contribution >= 4 is 9.84 Å². The lowest BCUT2D eigenvalue weighted by Crippen LogP contribution is -2.67. The number of aryl methyl sites for hydroxylation is 1. The lowest BCUT2D eigenvalue weighted by atomic mass is 9.83. The van der Waals surface area contributed by atoms with Gasteiger partial charge in [-0.2, -0.15) is 0 Å². The average molecular weight is 374 g/mol. The van der Waals surface area contributed by atoms with Crippen LogP contribution in [0.2, 0.25) is 0 Å². The normalized spacial score (nSPS) is 23.7. The maximum absolute atomic E-state index is 12.7. The highest BCUT2D eigenvalue weighted by molar-refractivity contribution is 7.93. The first-order valence-electron chi connectivity index (χ1n) is 8.75. The highest BCUT2D eigenvalue weighted by Gasteiger charge is 2.61. The lowest BCUT2D eigenvalue weighted by Gasteiger charge is -2.49. The molecule has 8 heteroatoms. The molecular formula is C18H22N4O3S. The fourth-order valence-corrected chi connectivity index (χ4v) is 6.38. The second-order valence-electron chi connectivity index (χ2n) is 7.13. The van der Waals surface area contributed by atoms with Gasteiger partial charge in [-0.05, 0) is 31.5 Å². The summed E-state index contributed by atoms with van der Waals surface area (Å²) in [7, 11) is -3.12. The van der Waals surface area contributed by atoms with Crippen LogP contribution in [-0.4, -0.2) is 58.5 Å². The topological polar surface area (TPSA) is 85.3 Å². The first kappa shape index (κ1) is 17.4. The largest absolute Gasteiger partial charge is 0.463 e. The number of hydrogen-bond donors (Lipinski definition) is 0. The third kappa shape index (κ3) is 3.07. The van der Waals surface area contributed by atoms with Crippen molar-refractivity contribution in [3.05, 3.63) is 48.0 Å². The van der Waals surface area contributed by atoms with Crippen LogP contribution in [0.1, 0.15) is 17.8 Å². The van der Waals surface area contributed by atoms with Crippen molar-refractivity contribution in [3.63, 3.8) is 0 Å². The molecule has 2 saturated heterocycles. The Bertz CT molecular complexity index is 882. The number of nitrogens with zero attached hydrogens (tertiary/aromatic N) is 4. The Kier molecular flexibility index (Phi) is 4.40. The van der Waals surface area contributed by atoms with E-state index in [9.17, 15) is 8.42 Å². The summed E-state index contributed by atoms with van der Waals surface area (Å²) < 4.78 is 30.4. The zero-order valence-corrected chi connectivity index (χ0v) is 15.5. The van der Waals surface area contributed by atoms with E-state index in [2.05, 4.69) is 19.9 Å². The van der Waals surface area contributed by atoms with Gasteiger partial charge in [0.1, 0.15) is 4.75 Å². The molecule has 2 aliphatic heterocycles. The van der Waals surface area contributed by atoms with E-state index in [1.807, 2.05) is 25.1 Å². The van der Waals surface area contributed by atoms with E-state index in [0.29, 0.717) is 38.7 Å². The average Bonchev–Trinajstić information content (AvgIpc) is 2.85. The van der Waals surface area contributed by atoms with Crippen LogP contribution in [0.3, 0.4) is 0 Å². The van der Waals surface area contributed by atoms with Crippen LogP contribution >= 0.6 is 0 Å². The molecule has 1 spiro atoms. The predicted molar refractivity (Wildman–Crippen MR) is 96.4 cm³/mol. The Morgan fingerprint density at radius 3 is 2.81 bits per heavy atom. The van der Waals surface area contributed by atoms with Gasteiger partial charge in [0.15, 0.2) is 9.84 Å². The second-order valence-corrected chi connectivity index (χ2v) is 9.58. The van der Waals surface area contributed by atoms with Crippen molar-refractivity contribution in [1.29, 1.82) is 0 Å². The molecule has 0 saturated carbocycles. The summed E-state index contributed by atoms with van der Waals surface area (Å²) in [6.45, 7) is 3.95. The van der Waals surface area contributed by atoms with Gasteiger partial charge in [-0.25, -0.2) is 18.4 Å². The summed E-state index contributed by atoms with van der Waals surface area (Å²) in [5.74, 6) is 0.198. The van der Waals surface area contributed by atoms with Gasteiger partial charge in [0.2, 0.25) is 0 Å². The summed E-state index contributed by atoms with van der Waals surface area (Å²) >= 11 is 0. The molecule has 1 atom stereocenters. The zero-order chi connectivity index (χ0) is 18.2. The molecule has 7 nitrogen and oxygen atoms in total. The first-order valence-corrected chi connectivity index (χ1v) is 10.4. The van der Waals surface area contributed by atoms with Gasteiger partial charge >= 0.3 is 6.01 Å². The summed E-state index contributed by atoms with van der Waals surface area (Å²) in [6.07, 6.45) is 4.04. The van der Waals surface area contributed by atoms with Crippen LogP contribution in [0.25, 0.3) is 0 Å². The zero-order valence-electron chi connectivity index (χ0n) is 14.7. The molecule has 0 aliphatic carbocycles. The molecule has 2 aromatic heterocycles. The maximum Gasteiger partial charge on any atom is 0.316 e. The fourth-order valence-electron chi connectivity index (χ4n) is 3.92. The minimum Gasteiger partial charge on any atom is -0.463 e. The third-order valence-electron chi connectivity index (χ3n) is 5.38. The SMILES string of the molecule is Cc1ccnc(OC[C@H]2CCS(=O)(=O)C23CN(Cc2ccccn2)C3)n1. The molecule has 0 radical (unpaired) electrons. The molecule has 0 unspecified atom stereocenters. The summed E-state index contributed by atoms with van der Waals surface area (Å²) in [4.78, 5) is 14.8. The van der Waals surface area contributed by atoms with Gasteiger partial charge in [-0.1, -0.05) is 6.07 Å². The maximum atomic E-state index is 12.7. The molecule has 2 aromatic rings. The Morgan fingerprint density at radius 2 is 2.08 bits per heavy atom. The summed E-state index contributed by atoms with van der Waals surface area (Å²) in [6, 6.07) is 7.90. The molecule has 0 aromatic carbocycles. The number of likely N-dealkylation sites (tertiary alicyclic amines) is 1. The van der Waals surface area contributed by atoms with Crippen LogP contribution in [0.4, 0.5) is 0 Å². The third-order valence-corrected chi connectivity index (χ3v) is 7.98. The lowest BCUT2D eigenvalue weighted by molar-refractivity contribution is 0.0562. The van der Waals surface area contributed by atoms with Gasteiger partial charge < -0.3 is 4.74 Å². The van der Waals surface area contributed by atoms with Crippen LogP contribution in [0.5, 0.6) is 6.01 Å². The molecule has 0 N–H and O–H groups in total. The highest BCUT2D eigenvalue weighted by Crippen LogP contribution is 2.45. The van der Waals surface area contributed by atoms with Crippen LogP contribution in [-0.2, 0) is 16.4 Å². The van der Waals surface area contributed by atoms with Crippen LogP contribution in [0, 0.1) is 12.8 Å². The number of ether oxygens (including phenoxy) is 1. The van der Waals surface area contributed by atoms with E-state index in [4.69, 9.17) is 4.74 Å². The van der Waals surface area contributed by atoms with Crippen molar-refractivity contribution < 1.29 is 13.2 Å². The monoisotopic (exact) mass is 374 g/mol. The van der Waals surface area contributed by atoms with Gasteiger partial charge in [0, 0.05) is 43.6 Å². The van der Waals surface area contributed by atoms with Crippen LogP contribution in [0.15, 0.2) is 36.7 Å². The van der Waals surface area contributed by atoms with E-state index >= 15 is 0 Å². The standard InChI is InChI=1S/C18H22N4O3S/c1-14-5-8-20-17(21-14)25-11-15-6-9-26(23,24)18(15)12-22(13-18)10-16-4-2-3-7-19-16/h2-5,7-8,15H,6,9-13H2,1H3/t15-/m1/s1. The summed E-state index contributed by atoms with van der Waals surface area (Å²) in [5, 5.41) is 0. The van der Waals surface area contributed by atoms with Crippen molar-refractivity contribution in [1.82, 2.24) is 19.9 Å². The van der Waals surface area contributed by atoms with Crippen molar-refractivity contribution in [2.75, 3.05) is 25.4 Å². The molecule has 4 heterocycles. The minimum atomic E-state index is -3.12. The Labute approximate surface area is 153 Å². The van der Waals surface area contributed by atoms with Gasteiger partial charge in [0.05, 0.1) is 18.1 Å². The number of rotatable bonds is 5. The van der Waals surface area contributed by atoms with Gasteiger partial charge in [-0.15, -0.1) is 0 Å². The number of pyridine rings is 1. The molecule has 2 aliphatic rings. The van der Waals surface area contributed by atoms with E-state index in [1.165, 1.54) is 0 Å². The Balaban J connectivity index is 1.43. The number of aromatic nitrogens is 3. The predicted octanol–water partition coefficient (Wildman–Crippen LogP) is 1.25. The van der Waals surface area contributed by atoms with E-state index in [-0.39, 0.29) is 11.7 Å².